The predicted molar refractivity (Wildman–Crippen MR) is 86.3 cm³/mol. The molecule has 0 saturated heterocycles. The van der Waals surface area contributed by atoms with Crippen molar-refractivity contribution in [2.24, 2.45) is 0 Å². The first kappa shape index (κ1) is 16.8. The van der Waals surface area contributed by atoms with Gasteiger partial charge >= 0.3 is 0 Å². The molecular weight excluding hydrogens is 326 g/mol. The van der Waals surface area contributed by atoms with Crippen LogP contribution in [-0.2, 0) is 0 Å². The summed E-state index contributed by atoms with van der Waals surface area (Å²) in [6.07, 6.45) is 5.11. The van der Waals surface area contributed by atoms with E-state index >= 15 is 0 Å². The van der Waals surface area contributed by atoms with Crippen LogP contribution in [0.4, 0.5) is 0 Å². The van der Waals surface area contributed by atoms with Crippen molar-refractivity contribution >= 4 is 27.5 Å². The molecular formula is C15H23BrClNO. The Bertz CT molecular complexity index is 373. The molecule has 4 heteroatoms. The van der Waals surface area contributed by atoms with E-state index in [2.05, 4.69) is 35.1 Å². The van der Waals surface area contributed by atoms with Gasteiger partial charge in [0, 0.05) is 17.1 Å². The minimum absolute atomic E-state index is 0.549. The van der Waals surface area contributed by atoms with Gasteiger partial charge in [0.15, 0.2) is 0 Å². The van der Waals surface area contributed by atoms with Gasteiger partial charge in [-0.25, -0.2) is 0 Å². The lowest BCUT2D eigenvalue weighted by Crippen LogP contribution is -2.30. The quantitative estimate of drug-likeness (QED) is 0.631. The molecule has 1 N–H and O–H groups in total. The van der Waals surface area contributed by atoms with Crippen LogP contribution in [0.1, 0.15) is 39.5 Å². The molecule has 0 aromatic heterocycles. The summed E-state index contributed by atoms with van der Waals surface area (Å²) in [7, 11) is 0. The molecule has 0 spiro atoms. The van der Waals surface area contributed by atoms with Gasteiger partial charge in [-0.15, -0.1) is 0 Å². The second-order valence-electron chi connectivity index (χ2n) is 4.77. The van der Waals surface area contributed by atoms with Crippen LogP contribution in [-0.4, -0.2) is 19.2 Å². The summed E-state index contributed by atoms with van der Waals surface area (Å²) in [6.45, 7) is 5.93. The lowest BCUT2D eigenvalue weighted by Gasteiger charge is -2.14. The van der Waals surface area contributed by atoms with Crippen molar-refractivity contribution in [2.45, 2.75) is 45.6 Å². The minimum Gasteiger partial charge on any atom is -0.491 e. The second-order valence-corrected chi connectivity index (χ2v) is 6.10. The summed E-state index contributed by atoms with van der Waals surface area (Å²) in [5.41, 5.74) is 0. The fourth-order valence-electron chi connectivity index (χ4n) is 1.86. The summed E-state index contributed by atoms with van der Waals surface area (Å²) in [6, 6.07) is 6.19. The highest BCUT2D eigenvalue weighted by Gasteiger charge is 2.03. The number of ether oxygens (including phenoxy) is 1. The topological polar surface area (TPSA) is 21.3 Å². The third-order valence-corrected chi connectivity index (χ3v) is 3.79. The van der Waals surface area contributed by atoms with Crippen molar-refractivity contribution in [3.63, 3.8) is 0 Å². The molecule has 19 heavy (non-hydrogen) atoms. The number of nitrogens with one attached hydrogen (secondary N) is 1. The Kier molecular flexibility index (Phi) is 8.51. The van der Waals surface area contributed by atoms with Crippen LogP contribution >= 0.6 is 27.5 Å². The Morgan fingerprint density at radius 2 is 2.16 bits per heavy atom. The Hall–Kier alpha value is -0.250. The van der Waals surface area contributed by atoms with Crippen molar-refractivity contribution in [2.75, 3.05) is 13.2 Å². The van der Waals surface area contributed by atoms with Crippen LogP contribution in [0.15, 0.2) is 22.7 Å². The summed E-state index contributed by atoms with van der Waals surface area (Å²) in [4.78, 5) is 0. The Balaban J connectivity index is 2.18. The van der Waals surface area contributed by atoms with Crippen molar-refractivity contribution in [1.82, 2.24) is 5.32 Å². The molecule has 0 aliphatic heterocycles. The molecule has 1 aromatic rings. The minimum atomic E-state index is 0.549. The van der Waals surface area contributed by atoms with Gasteiger partial charge in [0.2, 0.25) is 0 Å². The summed E-state index contributed by atoms with van der Waals surface area (Å²) < 4.78 is 6.65. The third-order valence-electron chi connectivity index (χ3n) is 2.99. The van der Waals surface area contributed by atoms with E-state index < -0.39 is 0 Å². The zero-order chi connectivity index (χ0) is 14.1. The molecule has 1 atom stereocenters. The van der Waals surface area contributed by atoms with Gasteiger partial charge in [-0.3, -0.25) is 0 Å². The van der Waals surface area contributed by atoms with Crippen LogP contribution in [0.5, 0.6) is 5.75 Å². The smallest absolute Gasteiger partial charge is 0.139 e. The summed E-state index contributed by atoms with van der Waals surface area (Å²) >= 11 is 9.47. The number of hydrogen-bond donors (Lipinski definition) is 1. The molecule has 0 fully saturated rings. The lowest BCUT2D eigenvalue weighted by atomic mass is 10.1. The van der Waals surface area contributed by atoms with E-state index in [-0.39, 0.29) is 0 Å². The van der Waals surface area contributed by atoms with E-state index in [0.717, 1.165) is 16.8 Å². The van der Waals surface area contributed by atoms with Gasteiger partial charge in [-0.05, 0) is 31.5 Å². The van der Waals surface area contributed by atoms with E-state index in [1.54, 1.807) is 0 Å². The molecule has 0 aliphatic rings. The van der Waals surface area contributed by atoms with E-state index in [0.29, 0.717) is 17.7 Å². The molecule has 2 nitrogen and oxygen atoms in total. The van der Waals surface area contributed by atoms with Crippen molar-refractivity contribution in [3.8, 4) is 5.75 Å². The van der Waals surface area contributed by atoms with Gasteiger partial charge in [-0.1, -0.05) is 53.7 Å². The SMILES string of the molecule is CCCCCC(C)NCCOc1cc(Br)ccc1Cl. The second kappa shape index (κ2) is 9.62. The normalized spacial score (nSPS) is 12.4. The van der Waals surface area contributed by atoms with Crippen LogP contribution in [0.3, 0.4) is 0 Å². The Morgan fingerprint density at radius 3 is 2.89 bits per heavy atom. The first-order valence-corrected chi connectivity index (χ1v) is 8.11. The van der Waals surface area contributed by atoms with Gasteiger partial charge in [0.05, 0.1) is 5.02 Å². The molecule has 1 aromatic carbocycles. The molecule has 0 aliphatic carbocycles. The van der Waals surface area contributed by atoms with Crippen molar-refractivity contribution in [1.29, 1.82) is 0 Å². The maximum atomic E-state index is 6.06. The Labute approximate surface area is 130 Å². The van der Waals surface area contributed by atoms with E-state index in [1.807, 2.05) is 18.2 Å². The highest BCUT2D eigenvalue weighted by Crippen LogP contribution is 2.27. The first-order chi connectivity index (χ1) is 9.13. The highest BCUT2D eigenvalue weighted by atomic mass is 79.9. The molecule has 0 amide bonds. The maximum absolute atomic E-state index is 6.06. The number of rotatable bonds is 9. The largest absolute Gasteiger partial charge is 0.491 e. The Morgan fingerprint density at radius 1 is 1.37 bits per heavy atom. The van der Waals surface area contributed by atoms with Gasteiger partial charge in [0.25, 0.3) is 0 Å². The van der Waals surface area contributed by atoms with Crippen LogP contribution < -0.4 is 10.1 Å². The standard InChI is InChI=1S/C15H23BrClNO/c1-3-4-5-6-12(2)18-9-10-19-15-11-13(16)7-8-14(15)17/h7-8,11-12,18H,3-6,9-10H2,1-2H3. The number of hydrogen-bond acceptors (Lipinski definition) is 2. The monoisotopic (exact) mass is 347 g/mol. The maximum Gasteiger partial charge on any atom is 0.139 e. The summed E-state index contributed by atoms with van der Waals surface area (Å²) in [5.74, 6) is 0.733. The molecule has 0 saturated carbocycles. The molecule has 0 heterocycles. The van der Waals surface area contributed by atoms with Gasteiger partial charge < -0.3 is 10.1 Å². The number of halogens is 2. The number of benzene rings is 1. The zero-order valence-corrected chi connectivity index (χ0v) is 14.1. The predicted octanol–water partition coefficient (Wildman–Crippen LogP) is 5.04. The van der Waals surface area contributed by atoms with Crippen LogP contribution in [0.2, 0.25) is 5.02 Å². The van der Waals surface area contributed by atoms with Gasteiger partial charge in [-0.2, -0.15) is 0 Å². The third kappa shape index (κ3) is 7.19. The van der Waals surface area contributed by atoms with Crippen LogP contribution in [0, 0.1) is 0 Å². The lowest BCUT2D eigenvalue weighted by molar-refractivity contribution is 0.304. The van der Waals surface area contributed by atoms with Crippen molar-refractivity contribution in [3.05, 3.63) is 27.7 Å². The number of unbranched alkanes of at least 4 members (excludes halogenated alkanes) is 2. The average Bonchev–Trinajstić information content (AvgIpc) is 2.39. The molecule has 108 valence electrons. The zero-order valence-electron chi connectivity index (χ0n) is 11.7. The average molecular weight is 349 g/mol. The van der Waals surface area contributed by atoms with E-state index in [9.17, 15) is 0 Å². The van der Waals surface area contributed by atoms with E-state index in [1.165, 1.54) is 25.7 Å². The van der Waals surface area contributed by atoms with Crippen LogP contribution in [0.25, 0.3) is 0 Å². The highest BCUT2D eigenvalue weighted by molar-refractivity contribution is 9.10. The van der Waals surface area contributed by atoms with Gasteiger partial charge in [0.1, 0.15) is 12.4 Å². The molecule has 0 bridgehead atoms. The summed E-state index contributed by atoms with van der Waals surface area (Å²) in [5, 5.41) is 4.12. The first-order valence-electron chi connectivity index (χ1n) is 6.94. The fourth-order valence-corrected chi connectivity index (χ4v) is 2.37. The van der Waals surface area contributed by atoms with E-state index in [4.69, 9.17) is 16.3 Å². The fraction of sp³-hybridized carbons (Fsp3) is 0.600. The molecule has 1 unspecified atom stereocenters. The molecule has 0 radical (unpaired) electrons. The molecule has 1 rings (SSSR count). The van der Waals surface area contributed by atoms with Crippen molar-refractivity contribution < 1.29 is 4.74 Å².